The molecule has 1 aromatic rings. The zero-order valence-electron chi connectivity index (χ0n) is 8.70. The first-order valence-corrected chi connectivity index (χ1v) is 6.06. The van der Waals surface area contributed by atoms with Crippen LogP contribution in [0.1, 0.15) is 0 Å². The maximum atomic E-state index is 11.3. The minimum absolute atomic E-state index is 0.0642. The summed E-state index contributed by atoms with van der Waals surface area (Å²) < 4.78 is 0.857. The smallest absolute Gasteiger partial charge is 0.226 e. The summed E-state index contributed by atoms with van der Waals surface area (Å²) in [7, 11) is 1.65. The van der Waals surface area contributed by atoms with Crippen LogP contribution in [0.2, 0.25) is 5.02 Å². The van der Waals surface area contributed by atoms with Gasteiger partial charge < -0.3 is 10.2 Å². The van der Waals surface area contributed by atoms with E-state index < -0.39 is 0 Å². The van der Waals surface area contributed by atoms with Crippen LogP contribution in [-0.4, -0.2) is 31.0 Å². The Balaban J connectivity index is 2.04. The molecule has 2 rings (SSSR count). The van der Waals surface area contributed by atoms with Crippen molar-refractivity contribution >= 4 is 39.3 Å². The number of carbonyl (C=O) groups is 1. The highest BCUT2D eigenvalue weighted by molar-refractivity contribution is 9.10. The highest BCUT2D eigenvalue weighted by Gasteiger charge is 2.33. The Kier molecular flexibility index (Phi) is 3.35. The Morgan fingerprint density at radius 3 is 2.94 bits per heavy atom. The number of halogens is 2. The molecule has 1 amide bonds. The van der Waals surface area contributed by atoms with Gasteiger partial charge in [0.05, 0.1) is 15.4 Å². The summed E-state index contributed by atoms with van der Waals surface area (Å²) in [5.74, 6) is 0.986. The molecule has 0 spiro atoms. The van der Waals surface area contributed by atoms with Crippen LogP contribution in [0.15, 0.2) is 16.7 Å². The maximum Gasteiger partial charge on any atom is 0.226 e. The zero-order chi connectivity index (χ0) is 11.7. The summed E-state index contributed by atoms with van der Waals surface area (Å²) in [6, 6.07) is 1.80. The summed E-state index contributed by atoms with van der Waals surface area (Å²) in [6.07, 6.45) is 1.61. The van der Waals surface area contributed by atoms with E-state index >= 15 is 0 Å². The lowest BCUT2D eigenvalue weighted by Crippen LogP contribution is -2.53. The number of anilines is 1. The Hall–Kier alpha value is -0.810. The minimum atomic E-state index is 0.0642. The fourth-order valence-corrected chi connectivity index (χ4v) is 2.55. The first kappa shape index (κ1) is 11.7. The third kappa shape index (κ3) is 2.15. The molecular formula is C10H11BrClN3O. The molecule has 0 saturated carbocycles. The molecule has 1 fully saturated rings. The second kappa shape index (κ2) is 4.59. The van der Waals surface area contributed by atoms with Crippen molar-refractivity contribution < 1.29 is 4.79 Å². The molecule has 0 aliphatic carbocycles. The molecule has 0 aromatic carbocycles. The zero-order valence-corrected chi connectivity index (χ0v) is 11.0. The van der Waals surface area contributed by atoms with Crippen molar-refractivity contribution in [3.05, 3.63) is 21.8 Å². The highest BCUT2D eigenvalue weighted by atomic mass is 79.9. The molecular weight excluding hydrogens is 293 g/mol. The molecule has 16 heavy (non-hydrogen) atoms. The molecule has 1 saturated heterocycles. The molecule has 2 heterocycles. The second-order valence-corrected chi connectivity index (χ2v) is 4.97. The third-order valence-corrected chi connectivity index (χ3v) is 3.38. The normalized spacial score (nSPS) is 15.8. The van der Waals surface area contributed by atoms with E-state index in [2.05, 4.69) is 26.2 Å². The quantitative estimate of drug-likeness (QED) is 0.904. The topological polar surface area (TPSA) is 45.2 Å². The summed E-state index contributed by atoms with van der Waals surface area (Å²) >= 11 is 9.22. The average Bonchev–Trinajstić information content (AvgIpc) is 2.18. The number of pyridine rings is 1. The molecule has 4 nitrogen and oxygen atoms in total. The minimum Gasteiger partial charge on any atom is -0.359 e. The largest absolute Gasteiger partial charge is 0.359 e. The van der Waals surface area contributed by atoms with Crippen molar-refractivity contribution in [2.75, 3.05) is 25.0 Å². The SMILES string of the molecule is CNC(=O)C1CN(c2ncc(Cl)cc2Br)C1. The summed E-state index contributed by atoms with van der Waals surface area (Å²) in [6.45, 7) is 1.40. The van der Waals surface area contributed by atoms with Crippen molar-refractivity contribution in [2.24, 2.45) is 5.92 Å². The Labute approximate surface area is 107 Å². The summed E-state index contributed by atoms with van der Waals surface area (Å²) in [5, 5.41) is 3.24. The van der Waals surface area contributed by atoms with Gasteiger partial charge in [0.2, 0.25) is 5.91 Å². The van der Waals surface area contributed by atoms with Gasteiger partial charge in [-0.1, -0.05) is 11.6 Å². The van der Waals surface area contributed by atoms with Crippen LogP contribution in [0.4, 0.5) is 5.82 Å². The first-order chi connectivity index (χ1) is 7.61. The Morgan fingerprint density at radius 1 is 1.69 bits per heavy atom. The average molecular weight is 305 g/mol. The van der Waals surface area contributed by atoms with Crippen LogP contribution in [0.25, 0.3) is 0 Å². The van der Waals surface area contributed by atoms with Crippen LogP contribution in [-0.2, 0) is 4.79 Å². The number of amides is 1. The van der Waals surface area contributed by atoms with E-state index in [9.17, 15) is 4.79 Å². The van der Waals surface area contributed by atoms with Gasteiger partial charge in [0.15, 0.2) is 0 Å². The predicted molar refractivity (Wildman–Crippen MR) is 66.7 cm³/mol. The molecule has 0 bridgehead atoms. The van der Waals surface area contributed by atoms with E-state index in [4.69, 9.17) is 11.6 Å². The molecule has 1 aromatic heterocycles. The summed E-state index contributed by atoms with van der Waals surface area (Å²) in [4.78, 5) is 17.6. The van der Waals surface area contributed by atoms with E-state index in [1.807, 2.05) is 4.90 Å². The van der Waals surface area contributed by atoms with Crippen molar-refractivity contribution in [1.82, 2.24) is 10.3 Å². The van der Waals surface area contributed by atoms with Crippen molar-refractivity contribution in [3.63, 3.8) is 0 Å². The van der Waals surface area contributed by atoms with Crippen LogP contribution < -0.4 is 10.2 Å². The number of nitrogens with zero attached hydrogens (tertiary/aromatic N) is 2. The van der Waals surface area contributed by atoms with Crippen LogP contribution in [0, 0.1) is 5.92 Å². The van der Waals surface area contributed by atoms with Gasteiger partial charge in [0.25, 0.3) is 0 Å². The van der Waals surface area contributed by atoms with Gasteiger partial charge in [-0.2, -0.15) is 0 Å². The van der Waals surface area contributed by atoms with E-state index in [1.165, 1.54) is 0 Å². The number of rotatable bonds is 2. The van der Waals surface area contributed by atoms with E-state index in [0.717, 1.165) is 10.3 Å². The van der Waals surface area contributed by atoms with Crippen LogP contribution in [0.5, 0.6) is 0 Å². The van der Waals surface area contributed by atoms with Gasteiger partial charge in [-0.05, 0) is 22.0 Å². The Bertz CT molecular complexity index is 421. The molecule has 1 aliphatic rings. The van der Waals surface area contributed by atoms with Gasteiger partial charge in [0.1, 0.15) is 5.82 Å². The van der Waals surface area contributed by atoms with Crippen molar-refractivity contribution in [1.29, 1.82) is 0 Å². The van der Waals surface area contributed by atoms with Gasteiger partial charge in [-0.3, -0.25) is 4.79 Å². The van der Waals surface area contributed by atoms with E-state index in [-0.39, 0.29) is 11.8 Å². The summed E-state index contributed by atoms with van der Waals surface area (Å²) in [5.41, 5.74) is 0. The molecule has 1 aliphatic heterocycles. The lowest BCUT2D eigenvalue weighted by Gasteiger charge is -2.39. The molecule has 86 valence electrons. The maximum absolute atomic E-state index is 11.3. The number of hydrogen-bond donors (Lipinski definition) is 1. The highest BCUT2D eigenvalue weighted by Crippen LogP contribution is 2.31. The van der Waals surface area contributed by atoms with Gasteiger partial charge in [0, 0.05) is 26.3 Å². The molecule has 0 unspecified atom stereocenters. The number of aromatic nitrogens is 1. The van der Waals surface area contributed by atoms with Gasteiger partial charge >= 0.3 is 0 Å². The van der Waals surface area contributed by atoms with Gasteiger partial charge in [-0.25, -0.2) is 4.98 Å². The van der Waals surface area contributed by atoms with Crippen molar-refractivity contribution in [2.45, 2.75) is 0 Å². The first-order valence-electron chi connectivity index (χ1n) is 4.89. The van der Waals surface area contributed by atoms with Crippen molar-refractivity contribution in [3.8, 4) is 0 Å². The monoisotopic (exact) mass is 303 g/mol. The molecule has 0 radical (unpaired) electrons. The lowest BCUT2D eigenvalue weighted by molar-refractivity contribution is -0.125. The van der Waals surface area contributed by atoms with Gasteiger partial charge in [-0.15, -0.1) is 0 Å². The van der Waals surface area contributed by atoms with E-state index in [1.54, 1.807) is 19.3 Å². The lowest BCUT2D eigenvalue weighted by atomic mass is 9.99. The fraction of sp³-hybridized carbons (Fsp3) is 0.400. The fourth-order valence-electron chi connectivity index (χ4n) is 1.66. The number of nitrogens with one attached hydrogen (secondary N) is 1. The number of hydrogen-bond acceptors (Lipinski definition) is 3. The molecule has 1 N–H and O–H groups in total. The van der Waals surface area contributed by atoms with Crippen LogP contribution >= 0.6 is 27.5 Å². The van der Waals surface area contributed by atoms with E-state index in [0.29, 0.717) is 18.1 Å². The molecule has 6 heteroatoms. The standard InChI is InChI=1S/C10H11BrClN3O/c1-13-10(16)6-4-15(5-6)9-8(11)2-7(12)3-14-9/h2-3,6H,4-5H2,1H3,(H,13,16). The molecule has 0 atom stereocenters. The Morgan fingerprint density at radius 2 is 2.38 bits per heavy atom. The number of carbonyl (C=O) groups excluding carboxylic acids is 1. The van der Waals surface area contributed by atoms with Crippen LogP contribution in [0.3, 0.4) is 0 Å². The predicted octanol–water partition coefficient (Wildman–Crippen LogP) is 1.68. The third-order valence-electron chi connectivity index (χ3n) is 2.59. The second-order valence-electron chi connectivity index (χ2n) is 3.68.